The number of ether oxygens (including phenoxy) is 1. The van der Waals surface area contributed by atoms with Gasteiger partial charge < -0.3 is 9.64 Å². The lowest BCUT2D eigenvalue weighted by molar-refractivity contribution is -0.128. The zero-order valence-corrected chi connectivity index (χ0v) is 16.4. The van der Waals surface area contributed by atoms with E-state index < -0.39 is 21.7 Å². The Labute approximate surface area is 164 Å². The van der Waals surface area contributed by atoms with Gasteiger partial charge in [-0.3, -0.25) is 4.79 Å². The van der Waals surface area contributed by atoms with Crippen LogP contribution in [0.2, 0.25) is 0 Å². The molecule has 7 heteroatoms. The number of hydrogen-bond donors (Lipinski definition) is 0. The fourth-order valence-electron chi connectivity index (χ4n) is 3.20. The highest BCUT2D eigenvalue weighted by Crippen LogP contribution is 2.22. The molecule has 1 fully saturated rings. The van der Waals surface area contributed by atoms with E-state index >= 15 is 0 Å². The Kier molecular flexibility index (Phi) is 6.14. The van der Waals surface area contributed by atoms with E-state index in [9.17, 15) is 17.6 Å². The summed E-state index contributed by atoms with van der Waals surface area (Å²) in [6.07, 6.45) is 3.41. The van der Waals surface area contributed by atoms with Crippen molar-refractivity contribution in [1.82, 2.24) is 4.90 Å². The van der Waals surface area contributed by atoms with Gasteiger partial charge in [-0.2, -0.15) is 0 Å². The molecule has 1 heterocycles. The van der Waals surface area contributed by atoms with Crippen molar-refractivity contribution >= 4 is 21.8 Å². The summed E-state index contributed by atoms with van der Waals surface area (Å²) < 4.78 is 43.0. The molecule has 0 radical (unpaired) electrons. The fourth-order valence-corrected chi connectivity index (χ4v) is 4.93. The molecule has 5 nitrogen and oxygen atoms in total. The lowest BCUT2D eigenvalue weighted by atomic mass is 10.1. The zero-order chi connectivity index (χ0) is 20.1. The van der Waals surface area contributed by atoms with Crippen molar-refractivity contribution < 1.29 is 22.3 Å². The normalized spacial score (nSPS) is 18.3. The van der Waals surface area contributed by atoms with Crippen LogP contribution < -0.4 is 4.74 Å². The van der Waals surface area contributed by atoms with E-state index in [1.54, 1.807) is 43.5 Å². The van der Waals surface area contributed by atoms with Crippen molar-refractivity contribution in [2.45, 2.75) is 19.0 Å². The first-order valence-electron chi connectivity index (χ1n) is 8.94. The van der Waals surface area contributed by atoms with Crippen molar-refractivity contribution in [3.63, 3.8) is 0 Å². The summed E-state index contributed by atoms with van der Waals surface area (Å²) in [5.41, 5.74) is 1.16. The number of hydrogen-bond acceptors (Lipinski definition) is 4. The maximum absolute atomic E-state index is 14.1. The maximum atomic E-state index is 14.1. The molecule has 0 aliphatic carbocycles. The standard InChI is InChI=1S/C21H22FNO4S/c1-27-19-9-6-16(7-10-19)8-11-21(24)23(18-12-13-28(25,26)15-18)14-17-4-2-3-5-20(17)22/h2-11,18H,12-15H2,1H3/b11-8+/t18-/m1/s1. The Morgan fingerprint density at radius 2 is 1.93 bits per heavy atom. The van der Waals surface area contributed by atoms with Gasteiger partial charge in [0, 0.05) is 24.2 Å². The summed E-state index contributed by atoms with van der Waals surface area (Å²) in [6, 6.07) is 12.9. The summed E-state index contributed by atoms with van der Waals surface area (Å²) in [4.78, 5) is 14.3. The van der Waals surface area contributed by atoms with Crippen LogP contribution in [0.15, 0.2) is 54.6 Å². The van der Waals surface area contributed by atoms with Crippen LogP contribution in [0.4, 0.5) is 4.39 Å². The summed E-state index contributed by atoms with van der Waals surface area (Å²) in [7, 11) is -1.60. The highest BCUT2D eigenvalue weighted by molar-refractivity contribution is 7.91. The highest BCUT2D eigenvalue weighted by Gasteiger charge is 2.34. The van der Waals surface area contributed by atoms with E-state index in [2.05, 4.69) is 0 Å². The number of nitrogens with zero attached hydrogens (tertiary/aromatic N) is 1. The minimum Gasteiger partial charge on any atom is -0.497 e. The first-order valence-corrected chi connectivity index (χ1v) is 10.8. The van der Waals surface area contributed by atoms with E-state index in [0.717, 1.165) is 5.56 Å². The molecule has 1 atom stereocenters. The Bertz CT molecular complexity index is 970. The van der Waals surface area contributed by atoms with Gasteiger partial charge in [0.05, 0.1) is 18.6 Å². The molecule has 1 aliphatic heterocycles. The van der Waals surface area contributed by atoms with Crippen LogP contribution in [-0.2, 0) is 21.2 Å². The maximum Gasteiger partial charge on any atom is 0.247 e. The van der Waals surface area contributed by atoms with Gasteiger partial charge >= 0.3 is 0 Å². The van der Waals surface area contributed by atoms with Crippen LogP contribution in [0.5, 0.6) is 5.75 Å². The molecule has 1 saturated heterocycles. The van der Waals surface area contributed by atoms with Gasteiger partial charge in [-0.25, -0.2) is 12.8 Å². The predicted molar refractivity (Wildman–Crippen MR) is 106 cm³/mol. The van der Waals surface area contributed by atoms with Crippen molar-refractivity contribution in [2.75, 3.05) is 18.6 Å². The lowest BCUT2D eigenvalue weighted by Crippen LogP contribution is -2.39. The van der Waals surface area contributed by atoms with Gasteiger partial charge in [0.1, 0.15) is 11.6 Å². The zero-order valence-electron chi connectivity index (χ0n) is 15.5. The molecule has 1 amide bonds. The molecule has 0 N–H and O–H groups in total. The van der Waals surface area contributed by atoms with Crippen LogP contribution >= 0.6 is 0 Å². The highest BCUT2D eigenvalue weighted by atomic mass is 32.2. The van der Waals surface area contributed by atoms with Crippen molar-refractivity contribution in [3.05, 3.63) is 71.6 Å². The molecule has 3 rings (SSSR count). The molecule has 1 aliphatic rings. The van der Waals surface area contributed by atoms with Crippen molar-refractivity contribution in [1.29, 1.82) is 0 Å². The molecular weight excluding hydrogens is 381 g/mol. The van der Waals surface area contributed by atoms with Crippen molar-refractivity contribution in [2.24, 2.45) is 0 Å². The lowest BCUT2D eigenvalue weighted by Gasteiger charge is -2.27. The minimum atomic E-state index is -3.18. The van der Waals surface area contributed by atoms with Crippen LogP contribution in [0.1, 0.15) is 17.5 Å². The van der Waals surface area contributed by atoms with E-state index in [1.807, 2.05) is 12.1 Å². The third-order valence-electron chi connectivity index (χ3n) is 4.76. The van der Waals surface area contributed by atoms with Crippen LogP contribution in [0, 0.1) is 5.82 Å². The Hall–Kier alpha value is -2.67. The number of sulfone groups is 1. The number of rotatable bonds is 6. The molecule has 0 saturated carbocycles. The number of halogens is 1. The smallest absolute Gasteiger partial charge is 0.247 e. The Balaban J connectivity index is 1.81. The molecule has 0 spiro atoms. The molecule has 0 aromatic heterocycles. The largest absolute Gasteiger partial charge is 0.497 e. The number of carbonyl (C=O) groups is 1. The molecule has 2 aromatic carbocycles. The number of carbonyl (C=O) groups excluding carboxylic acids is 1. The second kappa shape index (κ2) is 8.56. The first-order chi connectivity index (χ1) is 13.4. The molecule has 0 unspecified atom stereocenters. The summed E-state index contributed by atoms with van der Waals surface area (Å²) >= 11 is 0. The third kappa shape index (κ3) is 4.98. The van der Waals surface area contributed by atoms with Gasteiger partial charge in [0.15, 0.2) is 9.84 Å². The van der Waals surface area contributed by atoms with Crippen molar-refractivity contribution in [3.8, 4) is 5.75 Å². The summed E-state index contributed by atoms with van der Waals surface area (Å²) in [5, 5.41) is 0. The van der Waals surface area contributed by atoms with Gasteiger partial charge in [-0.15, -0.1) is 0 Å². The van der Waals surface area contributed by atoms with E-state index in [0.29, 0.717) is 17.7 Å². The third-order valence-corrected chi connectivity index (χ3v) is 6.52. The molecule has 148 valence electrons. The Morgan fingerprint density at radius 1 is 1.21 bits per heavy atom. The Morgan fingerprint density at radius 3 is 2.54 bits per heavy atom. The van der Waals surface area contributed by atoms with Gasteiger partial charge in [0.2, 0.25) is 5.91 Å². The average Bonchev–Trinajstić information content (AvgIpc) is 3.05. The van der Waals surface area contributed by atoms with Gasteiger partial charge in [0.25, 0.3) is 0 Å². The second-order valence-corrected chi connectivity index (χ2v) is 8.95. The van der Waals surface area contributed by atoms with Gasteiger partial charge in [-0.05, 0) is 36.3 Å². The fraction of sp³-hybridized carbons (Fsp3) is 0.286. The molecule has 28 heavy (non-hydrogen) atoms. The van der Waals surface area contributed by atoms with E-state index in [4.69, 9.17) is 4.74 Å². The molecule has 2 aromatic rings. The monoisotopic (exact) mass is 403 g/mol. The number of methoxy groups -OCH3 is 1. The SMILES string of the molecule is COc1ccc(/C=C/C(=O)N(Cc2ccccc2F)[C@@H]2CCS(=O)(=O)C2)cc1. The topological polar surface area (TPSA) is 63.7 Å². The minimum absolute atomic E-state index is 0.0264. The van der Waals surface area contributed by atoms with E-state index in [1.165, 1.54) is 17.0 Å². The van der Waals surface area contributed by atoms with Crippen LogP contribution in [0.25, 0.3) is 6.08 Å². The first kappa shape index (κ1) is 20.1. The quantitative estimate of drug-likeness (QED) is 0.696. The molecule has 0 bridgehead atoms. The van der Waals surface area contributed by atoms with Crippen LogP contribution in [0.3, 0.4) is 0 Å². The number of benzene rings is 2. The van der Waals surface area contributed by atoms with Gasteiger partial charge in [-0.1, -0.05) is 30.3 Å². The summed E-state index contributed by atoms with van der Waals surface area (Å²) in [6.45, 7) is 0.0264. The van der Waals surface area contributed by atoms with E-state index in [-0.39, 0.29) is 24.0 Å². The molecular formula is C21H22FNO4S. The number of amides is 1. The van der Waals surface area contributed by atoms with Crippen LogP contribution in [-0.4, -0.2) is 43.9 Å². The predicted octanol–water partition coefficient (Wildman–Crippen LogP) is 3.06. The average molecular weight is 403 g/mol. The summed E-state index contributed by atoms with van der Waals surface area (Å²) in [5.74, 6) is -0.105. The second-order valence-electron chi connectivity index (χ2n) is 6.72.